The van der Waals surface area contributed by atoms with E-state index in [1.807, 2.05) is 30.3 Å². The molecule has 0 atom stereocenters. The molecule has 0 spiro atoms. The number of hydrogen-bond acceptors (Lipinski definition) is 7. The standard InChI is InChI=1S/C19H17N3O5S/c1-13-18(28-16-11-7-6-10-15(16)22(24)25)19(27-17(23)12-26-2)21(20-13)14-8-4-3-5-9-14/h3-11H,12H2,1-2H3. The average molecular weight is 399 g/mol. The maximum absolute atomic E-state index is 12.1. The molecule has 1 heterocycles. The Balaban J connectivity index is 2.09. The Morgan fingerprint density at radius 2 is 1.86 bits per heavy atom. The summed E-state index contributed by atoms with van der Waals surface area (Å²) in [5, 5.41) is 15.8. The molecule has 9 heteroatoms. The predicted octanol–water partition coefficient (Wildman–Crippen LogP) is 3.79. The van der Waals surface area contributed by atoms with E-state index >= 15 is 0 Å². The number of nitrogens with zero attached hydrogens (tertiary/aromatic N) is 3. The molecule has 0 aliphatic rings. The molecule has 2 aromatic carbocycles. The monoisotopic (exact) mass is 399 g/mol. The number of carbonyl (C=O) groups is 1. The lowest BCUT2D eigenvalue weighted by molar-refractivity contribution is -0.387. The summed E-state index contributed by atoms with van der Waals surface area (Å²) in [5.74, 6) is -0.405. The molecule has 0 amide bonds. The fourth-order valence-corrected chi connectivity index (χ4v) is 3.52. The van der Waals surface area contributed by atoms with Crippen molar-refractivity contribution in [2.75, 3.05) is 13.7 Å². The largest absolute Gasteiger partial charge is 0.404 e. The molecule has 0 N–H and O–H groups in total. The van der Waals surface area contributed by atoms with E-state index < -0.39 is 10.9 Å². The third kappa shape index (κ3) is 4.21. The minimum Gasteiger partial charge on any atom is -0.404 e. The molecule has 0 unspecified atom stereocenters. The van der Waals surface area contributed by atoms with Gasteiger partial charge in [-0.3, -0.25) is 10.1 Å². The van der Waals surface area contributed by atoms with Crippen LogP contribution in [0.5, 0.6) is 5.88 Å². The smallest absolute Gasteiger partial charge is 0.338 e. The second kappa shape index (κ2) is 8.68. The normalized spacial score (nSPS) is 10.6. The van der Waals surface area contributed by atoms with E-state index in [1.165, 1.54) is 17.9 Å². The van der Waals surface area contributed by atoms with Gasteiger partial charge in [-0.1, -0.05) is 42.1 Å². The zero-order valence-electron chi connectivity index (χ0n) is 15.2. The Morgan fingerprint density at radius 3 is 2.54 bits per heavy atom. The van der Waals surface area contributed by atoms with Crippen LogP contribution in [-0.4, -0.2) is 34.4 Å². The highest BCUT2D eigenvalue weighted by molar-refractivity contribution is 7.99. The van der Waals surface area contributed by atoms with Crippen LogP contribution >= 0.6 is 11.8 Å². The lowest BCUT2D eigenvalue weighted by Crippen LogP contribution is -2.16. The van der Waals surface area contributed by atoms with Crippen LogP contribution in [0.15, 0.2) is 64.4 Å². The number of aromatic nitrogens is 2. The van der Waals surface area contributed by atoms with Crippen LogP contribution in [0, 0.1) is 17.0 Å². The number of para-hydroxylation sites is 2. The molecule has 0 radical (unpaired) electrons. The molecule has 0 saturated carbocycles. The Bertz CT molecular complexity index is 1000. The number of aryl methyl sites for hydroxylation is 1. The molecule has 0 aliphatic carbocycles. The Labute approximate surface area is 165 Å². The van der Waals surface area contributed by atoms with Gasteiger partial charge in [0.1, 0.15) is 6.61 Å². The van der Waals surface area contributed by atoms with Crippen molar-refractivity contribution >= 4 is 23.4 Å². The van der Waals surface area contributed by atoms with Crippen LogP contribution in [0.25, 0.3) is 5.69 Å². The highest BCUT2D eigenvalue weighted by atomic mass is 32.2. The average Bonchev–Trinajstić information content (AvgIpc) is 2.98. The van der Waals surface area contributed by atoms with Crippen LogP contribution in [-0.2, 0) is 9.53 Å². The van der Waals surface area contributed by atoms with Gasteiger partial charge in [-0.15, -0.1) is 0 Å². The summed E-state index contributed by atoms with van der Waals surface area (Å²) in [6.07, 6.45) is 0. The first-order valence-corrected chi connectivity index (χ1v) is 9.09. The van der Waals surface area contributed by atoms with Gasteiger partial charge in [0.25, 0.3) is 5.69 Å². The fourth-order valence-electron chi connectivity index (χ4n) is 2.50. The van der Waals surface area contributed by atoms with Crippen LogP contribution in [0.3, 0.4) is 0 Å². The second-order valence-corrected chi connectivity index (χ2v) is 6.75. The minimum atomic E-state index is -0.594. The van der Waals surface area contributed by atoms with E-state index in [9.17, 15) is 14.9 Å². The summed E-state index contributed by atoms with van der Waals surface area (Å²) in [5.41, 5.74) is 1.24. The molecular formula is C19H17N3O5S. The molecular weight excluding hydrogens is 382 g/mol. The number of hydrogen-bond donors (Lipinski definition) is 0. The van der Waals surface area contributed by atoms with Crippen molar-refractivity contribution < 1.29 is 19.2 Å². The van der Waals surface area contributed by atoms with Crippen molar-refractivity contribution in [2.24, 2.45) is 0 Å². The molecule has 0 aliphatic heterocycles. The number of ether oxygens (including phenoxy) is 2. The number of esters is 1. The van der Waals surface area contributed by atoms with Crippen LogP contribution < -0.4 is 4.74 Å². The number of rotatable bonds is 7. The van der Waals surface area contributed by atoms with E-state index in [4.69, 9.17) is 9.47 Å². The lowest BCUT2D eigenvalue weighted by atomic mass is 10.3. The maximum atomic E-state index is 12.1. The third-order valence-corrected chi connectivity index (χ3v) is 4.95. The first-order chi connectivity index (χ1) is 13.5. The van der Waals surface area contributed by atoms with Crippen molar-refractivity contribution in [1.82, 2.24) is 9.78 Å². The fraction of sp³-hybridized carbons (Fsp3) is 0.158. The first kappa shape index (κ1) is 19.6. The van der Waals surface area contributed by atoms with E-state index in [0.717, 1.165) is 11.8 Å². The van der Waals surface area contributed by atoms with Gasteiger partial charge in [0.2, 0.25) is 5.88 Å². The topological polar surface area (TPSA) is 96.5 Å². The zero-order valence-corrected chi connectivity index (χ0v) is 16.0. The summed E-state index contributed by atoms with van der Waals surface area (Å²) in [7, 11) is 1.39. The van der Waals surface area contributed by atoms with Crippen molar-refractivity contribution in [1.29, 1.82) is 0 Å². The molecule has 0 saturated heterocycles. The molecule has 28 heavy (non-hydrogen) atoms. The molecule has 0 fully saturated rings. The van der Waals surface area contributed by atoms with Crippen LogP contribution in [0.1, 0.15) is 5.69 Å². The van der Waals surface area contributed by atoms with E-state index in [2.05, 4.69) is 5.10 Å². The lowest BCUT2D eigenvalue weighted by Gasteiger charge is -2.10. The van der Waals surface area contributed by atoms with Crippen molar-refractivity contribution in [3.05, 3.63) is 70.4 Å². The summed E-state index contributed by atoms with van der Waals surface area (Å²) in [6.45, 7) is 1.53. The molecule has 1 aromatic heterocycles. The summed E-state index contributed by atoms with van der Waals surface area (Å²) >= 11 is 1.13. The van der Waals surface area contributed by atoms with Crippen molar-refractivity contribution in [3.8, 4) is 11.6 Å². The maximum Gasteiger partial charge on any atom is 0.338 e. The Hall–Kier alpha value is -3.17. The van der Waals surface area contributed by atoms with Crippen molar-refractivity contribution in [3.63, 3.8) is 0 Å². The van der Waals surface area contributed by atoms with E-state index in [1.54, 1.807) is 25.1 Å². The quantitative estimate of drug-likeness (QED) is 0.339. The zero-order chi connectivity index (χ0) is 20.1. The van der Waals surface area contributed by atoms with Gasteiger partial charge in [0.05, 0.1) is 26.1 Å². The van der Waals surface area contributed by atoms with Crippen molar-refractivity contribution in [2.45, 2.75) is 16.7 Å². The highest BCUT2D eigenvalue weighted by Gasteiger charge is 2.24. The highest BCUT2D eigenvalue weighted by Crippen LogP contribution is 2.42. The molecule has 3 aromatic rings. The van der Waals surface area contributed by atoms with Gasteiger partial charge in [-0.05, 0) is 25.1 Å². The number of benzene rings is 2. The van der Waals surface area contributed by atoms with Gasteiger partial charge in [0.15, 0.2) is 0 Å². The number of methoxy groups -OCH3 is 1. The third-order valence-electron chi connectivity index (χ3n) is 3.71. The molecule has 3 rings (SSSR count). The van der Waals surface area contributed by atoms with E-state index in [-0.39, 0.29) is 18.2 Å². The predicted molar refractivity (Wildman–Crippen MR) is 103 cm³/mol. The summed E-state index contributed by atoms with van der Waals surface area (Å²) in [4.78, 5) is 23.9. The van der Waals surface area contributed by atoms with Crippen LogP contribution in [0.4, 0.5) is 5.69 Å². The van der Waals surface area contributed by atoms with Gasteiger partial charge in [0, 0.05) is 13.2 Å². The number of nitro benzene ring substituents is 1. The van der Waals surface area contributed by atoms with Gasteiger partial charge in [-0.2, -0.15) is 9.78 Å². The van der Waals surface area contributed by atoms with E-state index in [0.29, 0.717) is 21.2 Å². The van der Waals surface area contributed by atoms with Gasteiger partial charge < -0.3 is 9.47 Å². The van der Waals surface area contributed by atoms with Gasteiger partial charge in [-0.25, -0.2) is 4.79 Å². The van der Waals surface area contributed by atoms with Crippen LogP contribution in [0.2, 0.25) is 0 Å². The molecule has 144 valence electrons. The number of nitro groups is 1. The first-order valence-electron chi connectivity index (χ1n) is 8.27. The summed E-state index contributed by atoms with van der Waals surface area (Å²) < 4.78 is 11.8. The molecule has 8 nitrogen and oxygen atoms in total. The molecule has 0 bridgehead atoms. The van der Waals surface area contributed by atoms with Gasteiger partial charge >= 0.3 is 5.97 Å². The summed E-state index contributed by atoms with van der Waals surface area (Å²) in [6, 6.07) is 15.5. The number of carbonyl (C=O) groups excluding carboxylic acids is 1. The SMILES string of the molecule is COCC(=O)Oc1c(Sc2ccccc2[N+](=O)[O-])c(C)nn1-c1ccccc1. The second-order valence-electron chi connectivity index (χ2n) is 5.70. The Kier molecular flexibility index (Phi) is 6.07. The minimum absolute atomic E-state index is 0.0338. The Morgan fingerprint density at radius 1 is 1.18 bits per heavy atom.